The van der Waals surface area contributed by atoms with E-state index >= 15 is 0 Å². The van der Waals surface area contributed by atoms with Crippen LogP contribution >= 0.6 is 0 Å². The van der Waals surface area contributed by atoms with Crippen molar-refractivity contribution in [2.24, 2.45) is 0 Å². The summed E-state index contributed by atoms with van der Waals surface area (Å²) in [5.74, 6) is 0.171. The molecule has 114 valence electrons. The SMILES string of the molecule is CCNC1CCCN(CCc2ccc([N+](=O)[O-])cc2)C1=O. The summed E-state index contributed by atoms with van der Waals surface area (Å²) < 4.78 is 0. The van der Waals surface area contributed by atoms with Gasteiger partial charge in [-0.1, -0.05) is 19.1 Å². The number of nitro benzene ring substituents is 1. The average Bonchev–Trinajstić information content (AvgIpc) is 2.49. The molecule has 1 aromatic carbocycles. The van der Waals surface area contributed by atoms with Crippen molar-refractivity contribution < 1.29 is 9.72 Å². The van der Waals surface area contributed by atoms with E-state index in [-0.39, 0.29) is 17.6 Å². The van der Waals surface area contributed by atoms with E-state index < -0.39 is 4.92 Å². The maximum atomic E-state index is 12.3. The Labute approximate surface area is 124 Å². The molecule has 2 rings (SSSR count). The molecule has 1 aromatic rings. The Balaban J connectivity index is 1.89. The second kappa shape index (κ2) is 7.17. The van der Waals surface area contributed by atoms with Gasteiger partial charge >= 0.3 is 0 Å². The number of hydrogen-bond donors (Lipinski definition) is 1. The highest BCUT2D eigenvalue weighted by atomic mass is 16.6. The van der Waals surface area contributed by atoms with Crippen LogP contribution in [0.15, 0.2) is 24.3 Å². The molecule has 1 atom stereocenters. The molecule has 6 nitrogen and oxygen atoms in total. The van der Waals surface area contributed by atoms with Gasteiger partial charge in [0.2, 0.25) is 5.91 Å². The largest absolute Gasteiger partial charge is 0.341 e. The van der Waals surface area contributed by atoms with Crippen LogP contribution in [0.5, 0.6) is 0 Å². The number of piperidine rings is 1. The van der Waals surface area contributed by atoms with Crippen molar-refractivity contribution in [1.82, 2.24) is 10.2 Å². The van der Waals surface area contributed by atoms with Gasteiger partial charge in [0.1, 0.15) is 0 Å². The predicted octanol–water partition coefficient (Wildman–Crippen LogP) is 1.74. The number of nitro groups is 1. The minimum atomic E-state index is -0.404. The number of carbonyl (C=O) groups is 1. The molecule has 1 N–H and O–H groups in total. The fourth-order valence-electron chi connectivity index (χ4n) is 2.65. The monoisotopic (exact) mass is 291 g/mol. The molecule has 0 spiro atoms. The number of likely N-dealkylation sites (tertiary alicyclic amines) is 1. The zero-order chi connectivity index (χ0) is 15.2. The van der Waals surface area contributed by atoms with E-state index in [2.05, 4.69) is 5.32 Å². The van der Waals surface area contributed by atoms with Crippen LogP contribution in [-0.2, 0) is 11.2 Å². The molecule has 21 heavy (non-hydrogen) atoms. The van der Waals surface area contributed by atoms with Crippen molar-refractivity contribution in [3.8, 4) is 0 Å². The summed E-state index contributed by atoms with van der Waals surface area (Å²) >= 11 is 0. The first kappa shape index (κ1) is 15.4. The lowest BCUT2D eigenvalue weighted by atomic mass is 10.0. The van der Waals surface area contributed by atoms with Gasteiger partial charge in [-0.25, -0.2) is 0 Å². The minimum Gasteiger partial charge on any atom is -0.341 e. The van der Waals surface area contributed by atoms with Gasteiger partial charge in [-0.3, -0.25) is 14.9 Å². The van der Waals surface area contributed by atoms with Gasteiger partial charge in [0, 0.05) is 25.2 Å². The molecular formula is C15H21N3O3. The molecule has 1 unspecified atom stereocenters. The normalized spacial score (nSPS) is 18.8. The number of non-ortho nitro benzene ring substituents is 1. The van der Waals surface area contributed by atoms with Crippen molar-refractivity contribution in [3.63, 3.8) is 0 Å². The van der Waals surface area contributed by atoms with Gasteiger partial charge in [0.25, 0.3) is 5.69 Å². The van der Waals surface area contributed by atoms with Gasteiger partial charge in [0.05, 0.1) is 11.0 Å². The molecule has 1 saturated heterocycles. The molecule has 1 aliphatic rings. The van der Waals surface area contributed by atoms with Crippen LogP contribution in [0.2, 0.25) is 0 Å². The number of benzene rings is 1. The third-order valence-electron chi connectivity index (χ3n) is 3.80. The van der Waals surface area contributed by atoms with Crippen molar-refractivity contribution in [2.75, 3.05) is 19.6 Å². The van der Waals surface area contributed by atoms with Crippen LogP contribution in [0.25, 0.3) is 0 Å². The Morgan fingerprint density at radius 2 is 2.10 bits per heavy atom. The molecule has 1 amide bonds. The zero-order valence-corrected chi connectivity index (χ0v) is 12.2. The van der Waals surface area contributed by atoms with E-state index in [4.69, 9.17) is 0 Å². The summed E-state index contributed by atoms with van der Waals surface area (Å²) in [5, 5.41) is 13.8. The smallest absolute Gasteiger partial charge is 0.269 e. The summed E-state index contributed by atoms with van der Waals surface area (Å²) in [6, 6.07) is 6.48. The average molecular weight is 291 g/mol. The number of rotatable bonds is 6. The number of carbonyl (C=O) groups excluding carboxylic acids is 1. The lowest BCUT2D eigenvalue weighted by molar-refractivity contribution is -0.384. The third kappa shape index (κ3) is 4.01. The zero-order valence-electron chi connectivity index (χ0n) is 12.2. The van der Waals surface area contributed by atoms with E-state index in [0.29, 0.717) is 6.54 Å². The second-order valence-electron chi connectivity index (χ2n) is 5.25. The van der Waals surface area contributed by atoms with Gasteiger partial charge in [-0.05, 0) is 31.4 Å². The highest BCUT2D eigenvalue weighted by Crippen LogP contribution is 2.15. The fourth-order valence-corrected chi connectivity index (χ4v) is 2.65. The molecule has 0 bridgehead atoms. The minimum absolute atomic E-state index is 0.0550. The van der Waals surface area contributed by atoms with Crippen molar-refractivity contribution in [3.05, 3.63) is 39.9 Å². The van der Waals surface area contributed by atoms with Gasteiger partial charge in [-0.2, -0.15) is 0 Å². The summed E-state index contributed by atoms with van der Waals surface area (Å²) in [5.41, 5.74) is 1.11. The van der Waals surface area contributed by atoms with E-state index in [9.17, 15) is 14.9 Å². The Bertz CT molecular complexity index is 499. The quantitative estimate of drug-likeness (QED) is 0.640. The van der Waals surface area contributed by atoms with Crippen molar-refractivity contribution >= 4 is 11.6 Å². The lowest BCUT2D eigenvalue weighted by Gasteiger charge is -2.32. The standard InChI is InChI=1S/C15H21N3O3/c1-2-16-14-4-3-10-17(15(14)19)11-9-12-5-7-13(8-6-12)18(20)21/h5-8,14,16H,2-4,9-11H2,1H3. The second-order valence-corrected chi connectivity index (χ2v) is 5.25. The number of amides is 1. The first-order valence-corrected chi connectivity index (χ1v) is 7.37. The molecule has 1 fully saturated rings. The highest BCUT2D eigenvalue weighted by Gasteiger charge is 2.27. The van der Waals surface area contributed by atoms with Crippen LogP contribution in [0.4, 0.5) is 5.69 Å². The summed E-state index contributed by atoms with van der Waals surface area (Å²) in [6.45, 7) is 4.27. The Kier molecular flexibility index (Phi) is 5.27. The lowest BCUT2D eigenvalue weighted by Crippen LogP contribution is -2.51. The van der Waals surface area contributed by atoms with E-state index in [1.165, 1.54) is 12.1 Å². The van der Waals surface area contributed by atoms with Crippen molar-refractivity contribution in [2.45, 2.75) is 32.2 Å². The maximum absolute atomic E-state index is 12.3. The molecule has 1 heterocycles. The Morgan fingerprint density at radius 1 is 1.38 bits per heavy atom. The first-order valence-electron chi connectivity index (χ1n) is 7.37. The van der Waals surface area contributed by atoms with Crippen LogP contribution in [0.1, 0.15) is 25.3 Å². The Hall–Kier alpha value is -1.95. The van der Waals surface area contributed by atoms with Crippen LogP contribution < -0.4 is 5.32 Å². The third-order valence-corrected chi connectivity index (χ3v) is 3.80. The number of hydrogen-bond acceptors (Lipinski definition) is 4. The van der Waals surface area contributed by atoms with Gasteiger partial charge < -0.3 is 10.2 Å². The molecule has 0 radical (unpaired) electrons. The fraction of sp³-hybridized carbons (Fsp3) is 0.533. The topological polar surface area (TPSA) is 75.5 Å². The first-order chi connectivity index (χ1) is 10.1. The van der Waals surface area contributed by atoms with Crippen LogP contribution in [0.3, 0.4) is 0 Å². The number of likely N-dealkylation sites (N-methyl/N-ethyl adjacent to an activating group) is 1. The highest BCUT2D eigenvalue weighted by molar-refractivity contribution is 5.82. The number of nitrogens with zero attached hydrogens (tertiary/aromatic N) is 2. The molecule has 0 aliphatic carbocycles. The molecule has 0 aromatic heterocycles. The molecule has 1 aliphatic heterocycles. The Morgan fingerprint density at radius 3 is 2.71 bits per heavy atom. The van der Waals surface area contributed by atoms with E-state index in [1.807, 2.05) is 11.8 Å². The van der Waals surface area contributed by atoms with Crippen LogP contribution in [0, 0.1) is 10.1 Å². The maximum Gasteiger partial charge on any atom is 0.269 e. The van der Waals surface area contributed by atoms with Gasteiger partial charge in [0.15, 0.2) is 0 Å². The predicted molar refractivity (Wildman–Crippen MR) is 80.1 cm³/mol. The van der Waals surface area contributed by atoms with Crippen molar-refractivity contribution in [1.29, 1.82) is 0 Å². The number of nitrogens with one attached hydrogen (secondary N) is 1. The summed E-state index contributed by atoms with van der Waals surface area (Å²) in [6.07, 6.45) is 2.65. The van der Waals surface area contributed by atoms with Gasteiger partial charge in [-0.15, -0.1) is 0 Å². The van der Waals surface area contributed by atoms with E-state index in [1.54, 1.807) is 12.1 Å². The molecule has 0 saturated carbocycles. The summed E-state index contributed by atoms with van der Waals surface area (Å²) in [4.78, 5) is 24.3. The van der Waals surface area contributed by atoms with Crippen LogP contribution in [-0.4, -0.2) is 41.4 Å². The summed E-state index contributed by atoms with van der Waals surface area (Å²) in [7, 11) is 0. The molecule has 6 heteroatoms. The van der Waals surface area contributed by atoms with E-state index in [0.717, 1.165) is 37.9 Å². The molecular weight excluding hydrogens is 270 g/mol.